The summed E-state index contributed by atoms with van der Waals surface area (Å²) in [5.74, 6) is 4.87. The van der Waals surface area contributed by atoms with Gasteiger partial charge in [0.25, 0.3) is 0 Å². The Balaban J connectivity index is 0. The molecular weight excluding hydrogens is 212 g/mol. The van der Waals surface area contributed by atoms with Gasteiger partial charge in [-0.3, -0.25) is 0 Å². The number of unbranched alkanes of at least 4 members (excludes halogenated alkanes) is 4. The number of rotatable bonds is 7. The van der Waals surface area contributed by atoms with Crippen molar-refractivity contribution in [1.82, 2.24) is 0 Å². The molecule has 0 aromatic rings. The van der Waals surface area contributed by atoms with Gasteiger partial charge in [0.15, 0.2) is 0 Å². The molecule has 2 heteroatoms. The van der Waals surface area contributed by atoms with Gasteiger partial charge in [0.1, 0.15) is 0 Å². The maximum atomic E-state index is 11.0. The Bertz CT molecular complexity index is 233. The van der Waals surface area contributed by atoms with Crippen LogP contribution in [0.5, 0.6) is 0 Å². The second-order valence-electron chi connectivity index (χ2n) is 3.33. The highest BCUT2D eigenvalue weighted by atomic mass is 16.5. The van der Waals surface area contributed by atoms with Gasteiger partial charge in [-0.25, -0.2) is 4.79 Å². The fraction of sp³-hybridized carbons (Fsp3) is 0.667. The second kappa shape index (κ2) is 17.2. The van der Waals surface area contributed by atoms with Crippen LogP contribution < -0.4 is 0 Å². The van der Waals surface area contributed by atoms with Gasteiger partial charge in [0.05, 0.1) is 6.61 Å². The molecule has 0 saturated carbocycles. The summed E-state index contributed by atoms with van der Waals surface area (Å²) < 4.78 is 4.83. The number of hydrogen-bond acceptors (Lipinski definition) is 2. The molecule has 0 aromatic heterocycles. The van der Waals surface area contributed by atoms with Crippen LogP contribution in [0.3, 0.4) is 0 Å². The summed E-state index contributed by atoms with van der Waals surface area (Å²) >= 11 is 0. The summed E-state index contributed by atoms with van der Waals surface area (Å²) in [6, 6.07) is 0. The standard InChI is InChI=1S/C13H20O2.C2H6/c1-3-5-7-8-9-10-11-13(14)15-12-6-4-2;1-2/h4H,2-3,5-9,12H2,1H3;1-2H3. The molecule has 0 bridgehead atoms. The van der Waals surface area contributed by atoms with E-state index in [-0.39, 0.29) is 0 Å². The molecule has 0 saturated heterocycles. The van der Waals surface area contributed by atoms with Crippen molar-refractivity contribution in [3.05, 3.63) is 12.7 Å². The summed E-state index contributed by atoms with van der Waals surface area (Å²) in [6.07, 6.45) is 7.91. The molecule has 0 radical (unpaired) electrons. The molecule has 17 heavy (non-hydrogen) atoms. The van der Waals surface area contributed by atoms with E-state index in [2.05, 4.69) is 25.3 Å². The molecule has 0 spiro atoms. The van der Waals surface area contributed by atoms with Crippen molar-refractivity contribution in [2.45, 2.75) is 59.3 Å². The molecule has 0 atom stereocenters. The minimum absolute atomic E-state index is 0.382. The zero-order chi connectivity index (χ0) is 13.4. The first kappa shape index (κ1) is 18.1. The highest BCUT2D eigenvalue weighted by Crippen LogP contribution is 2.00. The predicted molar refractivity (Wildman–Crippen MR) is 73.7 cm³/mol. The molecular formula is C15H26O2. The quantitative estimate of drug-likeness (QED) is 0.219. The van der Waals surface area contributed by atoms with Crippen LogP contribution in [-0.4, -0.2) is 12.6 Å². The molecule has 0 aliphatic rings. The number of carbonyl (C=O) groups excluding carboxylic acids is 1. The van der Waals surface area contributed by atoms with Crippen LogP contribution in [0.4, 0.5) is 0 Å². The maximum Gasteiger partial charge on any atom is 0.384 e. The molecule has 98 valence electrons. The lowest BCUT2D eigenvalue weighted by atomic mass is 10.2. The van der Waals surface area contributed by atoms with Gasteiger partial charge < -0.3 is 4.74 Å². The highest BCUT2D eigenvalue weighted by Gasteiger charge is 1.93. The highest BCUT2D eigenvalue weighted by molar-refractivity contribution is 5.88. The van der Waals surface area contributed by atoms with Crippen molar-refractivity contribution >= 4 is 5.97 Å². The minimum Gasteiger partial charge on any atom is -0.456 e. The van der Waals surface area contributed by atoms with E-state index in [9.17, 15) is 4.79 Å². The smallest absolute Gasteiger partial charge is 0.384 e. The first-order valence-corrected chi connectivity index (χ1v) is 6.57. The molecule has 0 N–H and O–H groups in total. The largest absolute Gasteiger partial charge is 0.456 e. The molecule has 0 aliphatic heterocycles. The van der Waals surface area contributed by atoms with Crippen molar-refractivity contribution in [2.24, 2.45) is 0 Å². The summed E-state index contributed by atoms with van der Waals surface area (Å²) in [5.41, 5.74) is 0. The van der Waals surface area contributed by atoms with E-state index in [1.807, 2.05) is 13.8 Å². The number of ether oxygens (including phenoxy) is 1. The van der Waals surface area contributed by atoms with Gasteiger partial charge in [0, 0.05) is 12.3 Å². The lowest BCUT2D eigenvalue weighted by molar-refractivity contribution is -0.136. The Morgan fingerprint density at radius 3 is 2.59 bits per heavy atom. The fourth-order valence-electron chi connectivity index (χ4n) is 1.05. The Morgan fingerprint density at radius 2 is 2.00 bits per heavy atom. The Labute approximate surface area is 106 Å². The zero-order valence-electron chi connectivity index (χ0n) is 11.6. The van der Waals surface area contributed by atoms with Crippen molar-refractivity contribution in [1.29, 1.82) is 0 Å². The van der Waals surface area contributed by atoms with Crippen LogP contribution >= 0.6 is 0 Å². The topological polar surface area (TPSA) is 26.3 Å². The summed E-state index contributed by atoms with van der Waals surface area (Å²) in [4.78, 5) is 11.0. The molecule has 0 unspecified atom stereocenters. The monoisotopic (exact) mass is 238 g/mol. The third kappa shape index (κ3) is 17.4. The zero-order valence-corrected chi connectivity index (χ0v) is 11.6. The van der Waals surface area contributed by atoms with Gasteiger partial charge in [-0.05, 0) is 12.8 Å². The van der Waals surface area contributed by atoms with Crippen LogP contribution in [0.1, 0.15) is 59.3 Å². The third-order valence-electron chi connectivity index (χ3n) is 1.90. The number of carbonyl (C=O) groups is 1. The second-order valence-corrected chi connectivity index (χ2v) is 3.33. The van der Waals surface area contributed by atoms with Gasteiger partial charge in [-0.2, -0.15) is 0 Å². The van der Waals surface area contributed by atoms with Crippen molar-refractivity contribution in [3.63, 3.8) is 0 Å². The van der Waals surface area contributed by atoms with E-state index < -0.39 is 5.97 Å². The van der Waals surface area contributed by atoms with E-state index in [1.165, 1.54) is 19.3 Å². The Hall–Kier alpha value is -1.23. The van der Waals surface area contributed by atoms with Crippen molar-refractivity contribution in [2.75, 3.05) is 6.61 Å². The summed E-state index contributed by atoms with van der Waals surface area (Å²) in [5, 5.41) is 0. The van der Waals surface area contributed by atoms with E-state index in [1.54, 1.807) is 6.08 Å². The van der Waals surface area contributed by atoms with Crippen LogP contribution in [0.2, 0.25) is 0 Å². The molecule has 0 aliphatic carbocycles. The predicted octanol–water partition coefficient (Wildman–Crippen LogP) is 4.11. The Kier molecular flexibility index (Phi) is 18.3. The fourth-order valence-corrected chi connectivity index (χ4v) is 1.05. The molecule has 0 amide bonds. The first-order chi connectivity index (χ1) is 8.31. The van der Waals surface area contributed by atoms with E-state index >= 15 is 0 Å². The van der Waals surface area contributed by atoms with Crippen LogP contribution in [0.25, 0.3) is 0 Å². The Morgan fingerprint density at radius 1 is 1.29 bits per heavy atom. The van der Waals surface area contributed by atoms with Gasteiger partial charge in [0.2, 0.25) is 0 Å². The molecule has 2 nitrogen and oxygen atoms in total. The SMILES string of the molecule is C=CCCOC(=O)C#CCCCCCC.CC. The average Bonchev–Trinajstić information content (AvgIpc) is 2.36. The third-order valence-corrected chi connectivity index (χ3v) is 1.90. The number of hydrogen-bond donors (Lipinski definition) is 0. The minimum atomic E-state index is -0.424. The van der Waals surface area contributed by atoms with Crippen LogP contribution in [0.15, 0.2) is 12.7 Å². The van der Waals surface area contributed by atoms with E-state index in [0.29, 0.717) is 13.0 Å². The first-order valence-electron chi connectivity index (χ1n) is 6.57. The summed E-state index contributed by atoms with van der Waals surface area (Å²) in [6.45, 7) is 10.1. The van der Waals surface area contributed by atoms with Gasteiger partial charge in [-0.1, -0.05) is 52.0 Å². The molecule has 0 rings (SSSR count). The van der Waals surface area contributed by atoms with Crippen LogP contribution in [-0.2, 0) is 9.53 Å². The lowest BCUT2D eigenvalue weighted by Gasteiger charge is -1.95. The van der Waals surface area contributed by atoms with E-state index in [4.69, 9.17) is 4.74 Å². The van der Waals surface area contributed by atoms with Gasteiger partial charge in [-0.15, -0.1) is 6.58 Å². The average molecular weight is 238 g/mol. The van der Waals surface area contributed by atoms with Gasteiger partial charge >= 0.3 is 5.97 Å². The number of esters is 1. The van der Waals surface area contributed by atoms with Crippen molar-refractivity contribution in [3.8, 4) is 11.8 Å². The molecule has 0 aromatic carbocycles. The normalized spacial score (nSPS) is 8.18. The lowest BCUT2D eigenvalue weighted by Crippen LogP contribution is -2.01. The molecule has 0 fully saturated rings. The molecule has 0 heterocycles. The van der Waals surface area contributed by atoms with Crippen LogP contribution in [0, 0.1) is 11.8 Å². The van der Waals surface area contributed by atoms with Crippen molar-refractivity contribution < 1.29 is 9.53 Å². The van der Waals surface area contributed by atoms with E-state index in [0.717, 1.165) is 12.8 Å². The maximum absolute atomic E-state index is 11.0. The summed E-state index contributed by atoms with van der Waals surface area (Å²) in [7, 11) is 0.